The summed E-state index contributed by atoms with van der Waals surface area (Å²) in [5.74, 6) is 2.13. The van der Waals surface area contributed by atoms with Gasteiger partial charge in [-0.3, -0.25) is 15.0 Å². The first-order valence-electron chi connectivity index (χ1n) is 8.92. The average Bonchev–Trinajstić information content (AvgIpc) is 3.23. The fourth-order valence-electron chi connectivity index (χ4n) is 2.84. The predicted molar refractivity (Wildman–Crippen MR) is 106 cm³/mol. The van der Waals surface area contributed by atoms with Gasteiger partial charge in [-0.1, -0.05) is 6.07 Å². The Hall–Kier alpha value is -3.46. The summed E-state index contributed by atoms with van der Waals surface area (Å²) >= 11 is 0. The van der Waals surface area contributed by atoms with Gasteiger partial charge in [-0.15, -0.1) is 10.2 Å². The first-order chi connectivity index (χ1) is 13.9. The van der Waals surface area contributed by atoms with Crippen LogP contribution in [0.15, 0.2) is 46.9 Å². The zero-order valence-corrected chi connectivity index (χ0v) is 16.7. The SMILES string of the molecule is COc1ccc(CN(C)[C@H](C)c2nnc(-c3ccc([N+](=O)[O-])cc3)o2)cc1OC. The van der Waals surface area contributed by atoms with Crippen LogP contribution in [-0.4, -0.2) is 41.3 Å². The molecule has 0 amide bonds. The lowest BCUT2D eigenvalue weighted by Gasteiger charge is -2.22. The molecule has 0 unspecified atom stereocenters. The van der Waals surface area contributed by atoms with E-state index in [0.717, 1.165) is 5.56 Å². The molecule has 0 aliphatic carbocycles. The summed E-state index contributed by atoms with van der Waals surface area (Å²) in [6, 6.07) is 11.6. The Balaban J connectivity index is 1.72. The van der Waals surface area contributed by atoms with Crippen LogP contribution >= 0.6 is 0 Å². The van der Waals surface area contributed by atoms with Gasteiger partial charge in [-0.25, -0.2) is 0 Å². The van der Waals surface area contributed by atoms with Crippen LogP contribution in [0.2, 0.25) is 0 Å². The molecular weight excluding hydrogens is 376 g/mol. The number of hydrogen-bond acceptors (Lipinski definition) is 8. The topological polar surface area (TPSA) is 104 Å². The first-order valence-corrected chi connectivity index (χ1v) is 8.92. The van der Waals surface area contributed by atoms with Crippen molar-refractivity contribution in [2.45, 2.75) is 19.5 Å². The Morgan fingerprint density at radius 1 is 1.10 bits per heavy atom. The van der Waals surface area contributed by atoms with Crippen LogP contribution < -0.4 is 9.47 Å². The van der Waals surface area contributed by atoms with Crippen molar-refractivity contribution in [3.8, 4) is 23.0 Å². The van der Waals surface area contributed by atoms with E-state index in [9.17, 15) is 10.1 Å². The van der Waals surface area contributed by atoms with Crippen LogP contribution in [0.5, 0.6) is 11.5 Å². The van der Waals surface area contributed by atoms with Crippen molar-refractivity contribution >= 4 is 5.69 Å². The average molecular weight is 398 g/mol. The fraction of sp³-hybridized carbons (Fsp3) is 0.300. The molecule has 0 fully saturated rings. The Morgan fingerprint density at radius 2 is 1.79 bits per heavy atom. The third-order valence-electron chi connectivity index (χ3n) is 4.66. The number of benzene rings is 2. The standard InChI is InChI=1S/C20H22N4O5/c1-13(23(2)12-14-5-10-17(27-3)18(11-14)28-4)19-21-22-20(29-19)15-6-8-16(9-7-15)24(25)26/h5-11,13H,12H2,1-4H3/t13-/m1/s1. The van der Waals surface area contributed by atoms with Crippen LogP contribution in [0.4, 0.5) is 5.69 Å². The summed E-state index contributed by atoms with van der Waals surface area (Å²) in [6.07, 6.45) is 0. The van der Waals surface area contributed by atoms with Crippen molar-refractivity contribution < 1.29 is 18.8 Å². The van der Waals surface area contributed by atoms with Crippen LogP contribution in [-0.2, 0) is 6.54 Å². The monoisotopic (exact) mass is 398 g/mol. The molecule has 0 saturated carbocycles. The number of hydrogen-bond donors (Lipinski definition) is 0. The highest BCUT2D eigenvalue weighted by atomic mass is 16.6. The van der Waals surface area contributed by atoms with Gasteiger partial charge in [0.2, 0.25) is 11.8 Å². The quantitative estimate of drug-likeness (QED) is 0.416. The number of rotatable bonds is 8. The number of ether oxygens (including phenoxy) is 2. The number of nitro benzene ring substituents is 1. The number of nitro groups is 1. The molecule has 0 N–H and O–H groups in total. The molecule has 0 radical (unpaired) electrons. The van der Waals surface area contributed by atoms with E-state index in [1.54, 1.807) is 26.4 Å². The molecule has 0 aliphatic heterocycles. The Labute approximate surface area is 168 Å². The second-order valence-electron chi connectivity index (χ2n) is 6.53. The van der Waals surface area contributed by atoms with Crippen molar-refractivity contribution in [2.24, 2.45) is 0 Å². The van der Waals surface area contributed by atoms with Gasteiger partial charge in [-0.2, -0.15) is 0 Å². The van der Waals surface area contributed by atoms with E-state index in [1.165, 1.54) is 12.1 Å². The van der Waals surface area contributed by atoms with Crippen molar-refractivity contribution in [3.05, 3.63) is 64.0 Å². The van der Waals surface area contributed by atoms with E-state index in [2.05, 4.69) is 15.1 Å². The lowest BCUT2D eigenvalue weighted by molar-refractivity contribution is -0.384. The summed E-state index contributed by atoms with van der Waals surface area (Å²) in [6.45, 7) is 2.60. The van der Waals surface area contributed by atoms with Crippen LogP contribution in [0.3, 0.4) is 0 Å². The number of aromatic nitrogens is 2. The summed E-state index contributed by atoms with van der Waals surface area (Å²) in [7, 11) is 5.16. The number of methoxy groups -OCH3 is 2. The van der Waals surface area contributed by atoms with Crippen molar-refractivity contribution in [3.63, 3.8) is 0 Å². The van der Waals surface area contributed by atoms with Gasteiger partial charge in [0.25, 0.3) is 5.69 Å². The van der Waals surface area contributed by atoms with Gasteiger partial charge in [0, 0.05) is 24.2 Å². The summed E-state index contributed by atoms with van der Waals surface area (Å²) in [5, 5.41) is 19.0. The van der Waals surface area contributed by atoms with Gasteiger partial charge in [0.1, 0.15) is 0 Å². The highest BCUT2D eigenvalue weighted by molar-refractivity contribution is 5.55. The van der Waals surface area contributed by atoms with Crippen molar-refractivity contribution in [1.82, 2.24) is 15.1 Å². The minimum absolute atomic E-state index is 0.0107. The largest absolute Gasteiger partial charge is 0.493 e. The van der Waals surface area contributed by atoms with E-state index in [4.69, 9.17) is 13.9 Å². The second-order valence-corrected chi connectivity index (χ2v) is 6.53. The smallest absolute Gasteiger partial charge is 0.269 e. The van der Waals surface area contributed by atoms with E-state index < -0.39 is 4.92 Å². The summed E-state index contributed by atoms with van der Waals surface area (Å²) < 4.78 is 16.4. The van der Waals surface area contributed by atoms with Crippen molar-refractivity contribution in [2.75, 3.05) is 21.3 Å². The Morgan fingerprint density at radius 3 is 2.41 bits per heavy atom. The highest BCUT2D eigenvalue weighted by Crippen LogP contribution is 2.30. The molecule has 0 aliphatic rings. The molecule has 152 valence electrons. The van der Waals surface area contributed by atoms with Crippen LogP contribution in [0.25, 0.3) is 11.5 Å². The molecule has 9 heteroatoms. The normalized spacial score (nSPS) is 12.0. The molecule has 0 bridgehead atoms. The molecule has 3 rings (SSSR count). The maximum absolute atomic E-state index is 10.8. The highest BCUT2D eigenvalue weighted by Gasteiger charge is 2.20. The lowest BCUT2D eigenvalue weighted by atomic mass is 10.1. The van der Waals surface area contributed by atoms with Crippen LogP contribution in [0, 0.1) is 10.1 Å². The van der Waals surface area contributed by atoms with Gasteiger partial charge in [0.15, 0.2) is 11.5 Å². The van der Waals surface area contributed by atoms with E-state index in [0.29, 0.717) is 35.4 Å². The summed E-state index contributed by atoms with van der Waals surface area (Å²) in [5.41, 5.74) is 1.69. The summed E-state index contributed by atoms with van der Waals surface area (Å²) in [4.78, 5) is 12.4. The zero-order valence-electron chi connectivity index (χ0n) is 16.7. The molecular formula is C20H22N4O5. The van der Waals surface area contributed by atoms with E-state index in [1.807, 2.05) is 32.2 Å². The molecule has 1 heterocycles. The first kappa shape index (κ1) is 20.3. The molecule has 0 saturated heterocycles. The fourth-order valence-corrected chi connectivity index (χ4v) is 2.84. The number of nitrogens with zero attached hydrogens (tertiary/aromatic N) is 4. The second kappa shape index (κ2) is 8.70. The molecule has 2 aromatic carbocycles. The molecule has 1 atom stereocenters. The molecule has 0 spiro atoms. The van der Waals surface area contributed by atoms with Crippen LogP contribution in [0.1, 0.15) is 24.4 Å². The molecule has 1 aromatic heterocycles. The maximum Gasteiger partial charge on any atom is 0.269 e. The van der Waals surface area contributed by atoms with Crippen molar-refractivity contribution in [1.29, 1.82) is 0 Å². The molecule has 9 nitrogen and oxygen atoms in total. The Bertz CT molecular complexity index is 987. The van der Waals surface area contributed by atoms with Gasteiger partial charge < -0.3 is 13.9 Å². The third kappa shape index (κ3) is 4.52. The van der Waals surface area contributed by atoms with Gasteiger partial charge >= 0.3 is 0 Å². The molecule has 3 aromatic rings. The Kier molecular flexibility index (Phi) is 6.08. The minimum Gasteiger partial charge on any atom is -0.493 e. The van der Waals surface area contributed by atoms with Gasteiger partial charge in [-0.05, 0) is 43.8 Å². The number of non-ortho nitro benzene ring substituents is 1. The van der Waals surface area contributed by atoms with Gasteiger partial charge in [0.05, 0.1) is 25.2 Å². The van der Waals surface area contributed by atoms with E-state index in [-0.39, 0.29) is 11.7 Å². The maximum atomic E-state index is 10.8. The zero-order chi connectivity index (χ0) is 21.0. The molecule has 29 heavy (non-hydrogen) atoms. The minimum atomic E-state index is -0.450. The third-order valence-corrected chi connectivity index (χ3v) is 4.66. The lowest BCUT2D eigenvalue weighted by Crippen LogP contribution is -2.22. The van der Waals surface area contributed by atoms with E-state index >= 15 is 0 Å². The predicted octanol–water partition coefficient (Wildman–Crippen LogP) is 3.86.